The highest BCUT2D eigenvalue weighted by Gasteiger charge is 2.16. The van der Waals surface area contributed by atoms with E-state index in [0.29, 0.717) is 34.4 Å². The zero-order valence-corrected chi connectivity index (χ0v) is 13.0. The molecule has 0 bridgehead atoms. The van der Waals surface area contributed by atoms with Crippen LogP contribution in [0.25, 0.3) is 5.65 Å². The molecule has 2 heterocycles. The van der Waals surface area contributed by atoms with E-state index in [4.69, 9.17) is 6.42 Å². The number of hydrogen-bond donors (Lipinski definition) is 1. The first-order valence-corrected chi connectivity index (χ1v) is 7.94. The van der Waals surface area contributed by atoms with Crippen LogP contribution < -0.4 is 5.32 Å². The first-order chi connectivity index (χ1) is 11.3. The molecule has 0 saturated carbocycles. The van der Waals surface area contributed by atoms with Gasteiger partial charge in [-0.1, -0.05) is 48.0 Å². The van der Waals surface area contributed by atoms with Crippen LogP contribution in [0.4, 0.5) is 5.82 Å². The Bertz CT molecular complexity index is 902. The third-order valence-corrected chi connectivity index (χ3v) is 4.09. The lowest BCUT2D eigenvalue weighted by molar-refractivity contribution is 0.897. The summed E-state index contributed by atoms with van der Waals surface area (Å²) in [6, 6.07) is 14.0. The molecule has 0 radical (unpaired) electrons. The molecule has 3 rings (SSSR count). The summed E-state index contributed by atoms with van der Waals surface area (Å²) in [6.45, 7) is 0.591. The van der Waals surface area contributed by atoms with Crippen LogP contribution >= 0.6 is 11.8 Å². The van der Waals surface area contributed by atoms with Crippen molar-refractivity contribution in [3.63, 3.8) is 0 Å². The second kappa shape index (κ2) is 6.87. The second-order valence-electron chi connectivity index (χ2n) is 4.69. The van der Waals surface area contributed by atoms with Crippen LogP contribution in [0.3, 0.4) is 0 Å². The standard InChI is InChI=1S/C17H13N5S/c1-2-10-23-17-14(11-18)16(22-15(21-17)8-9-20-22)19-12-13-6-4-3-5-7-13/h1,3-9,19H,10,12H2. The first kappa shape index (κ1) is 15.0. The number of nitrogens with zero attached hydrogens (tertiary/aromatic N) is 4. The molecule has 6 heteroatoms. The molecule has 0 saturated heterocycles. The number of anilines is 1. The number of thioether (sulfide) groups is 1. The van der Waals surface area contributed by atoms with Crippen molar-refractivity contribution < 1.29 is 0 Å². The van der Waals surface area contributed by atoms with Gasteiger partial charge in [-0.05, 0) is 5.56 Å². The maximum atomic E-state index is 9.56. The molecule has 0 aliphatic carbocycles. The predicted molar refractivity (Wildman–Crippen MR) is 91.0 cm³/mol. The quantitative estimate of drug-likeness (QED) is 0.445. The van der Waals surface area contributed by atoms with Gasteiger partial charge in [0.1, 0.15) is 16.7 Å². The van der Waals surface area contributed by atoms with E-state index >= 15 is 0 Å². The van der Waals surface area contributed by atoms with Crippen LogP contribution in [0.15, 0.2) is 47.6 Å². The van der Waals surface area contributed by atoms with E-state index < -0.39 is 0 Å². The average Bonchev–Trinajstić information content (AvgIpc) is 3.06. The van der Waals surface area contributed by atoms with E-state index in [1.54, 1.807) is 16.8 Å². The molecule has 0 amide bonds. The summed E-state index contributed by atoms with van der Waals surface area (Å²) in [4.78, 5) is 4.46. The summed E-state index contributed by atoms with van der Waals surface area (Å²) in [6.07, 6.45) is 6.98. The fourth-order valence-corrected chi connectivity index (χ4v) is 2.85. The number of benzene rings is 1. The highest BCUT2D eigenvalue weighted by molar-refractivity contribution is 7.99. The van der Waals surface area contributed by atoms with Gasteiger partial charge in [0.2, 0.25) is 0 Å². The third-order valence-electron chi connectivity index (χ3n) is 3.21. The Morgan fingerprint density at radius 2 is 2.09 bits per heavy atom. The van der Waals surface area contributed by atoms with Crippen molar-refractivity contribution in [1.82, 2.24) is 14.6 Å². The summed E-state index contributed by atoms with van der Waals surface area (Å²) >= 11 is 1.37. The van der Waals surface area contributed by atoms with Crippen LogP contribution in [-0.4, -0.2) is 20.4 Å². The maximum absolute atomic E-state index is 9.56. The lowest BCUT2D eigenvalue weighted by atomic mass is 10.2. The van der Waals surface area contributed by atoms with Crippen LogP contribution in [0.2, 0.25) is 0 Å². The topological polar surface area (TPSA) is 66.0 Å². The van der Waals surface area contributed by atoms with E-state index in [2.05, 4.69) is 27.4 Å². The van der Waals surface area contributed by atoms with Gasteiger partial charge in [-0.2, -0.15) is 14.9 Å². The Kier molecular flexibility index (Phi) is 4.46. The molecule has 1 N–H and O–H groups in total. The molecule has 2 aromatic heterocycles. The molecule has 0 atom stereocenters. The van der Waals surface area contributed by atoms with Crippen molar-refractivity contribution in [3.05, 3.63) is 53.7 Å². The minimum absolute atomic E-state index is 0.456. The van der Waals surface area contributed by atoms with E-state index in [1.165, 1.54) is 11.8 Å². The van der Waals surface area contributed by atoms with E-state index in [0.717, 1.165) is 5.56 Å². The van der Waals surface area contributed by atoms with Crippen LogP contribution in [0.5, 0.6) is 0 Å². The number of fused-ring (bicyclic) bond motifs is 1. The number of aromatic nitrogens is 3. The summed E-state index contributed by atoms with van der Waals surface area (Å²) in [5.74, 6) is 3.65. The SMILES string of the molecule is C#CCSc1nc2ccnn2c(NCc2ccccc2)c1C#N. The Labute approximate surface area is 138 Å². The van der Waals surface area contributed by atoms with Crippen molar-refractivity contribution in [2.45, 2.75) is 11.6 Å². The third kappa shape index (κ3) is 3.13. The van der Waals surface area contributed by atoms with E-state index in [-0.39, 0.29) is 0 Å². The van der Waals surface area contributed by atoms with Gasteiger partial charge in [-0.25, -0.2) is 4.98 Å². The van der Waals surface area contributed by atoms with Crippen LogP contribution in [-0.2, 0) is 6.54 Å². The maximum Gasteiger partial charge on any atom is 0.158 e. The van der Waals surface area contributed by atoms with Crippen molar-refractivity contribution in [2.24, 2.45) is 0 Å². The molecular weight excluding hydrogens is 306 g/mol. The van der Waals surface area contributed by atoms with Gasteiger partial charge in [-0.3, -0.25) is 0 Å². The Morgan fingerprint density at radius 1 is 1.26 bits per heavy atom. The Balaban J connectivity index is 2.01. The first-order valence-electron chi connectivity index (χ1n) is 6.95. The molecule has 112 valence electrons. The molecular formula is C17H13N5S. The average molecular weight is 319 g/mol. The van der Waals surface area contributed by atoms with Gasteiger partial charge < -0.3 is 5.32 Å². The summed E-state index contributed by atoms with van der Waals surface area (Å²) < 4.78 is 1.64. The zero-order valence-electron chi connectivity index (χ0n) is 12.2. The number of hydrogen-bond acceptors (Lipinski definition) is 5. The molecule has 0 aliphatic rings. The molecule has 1 aromatic carbocycles. The van der Waals surface area contributed by atoms with Gasteiger partial charge in [0.05, 0.1) is 11.9 Å². The molecule has 0 aliphatic heterocycles. The molecule has 5 nitrogen and oxygen atoms in total. The Hall–Kier alpha value is -2.96. The van der Waals surface area contributed by atoms with Crippen molar-refractivity contribution in [1.29, 1.82) is 5.26 Å². The molecule has 0 unspecified atom stereocenters. The summed E-state index contributed by atoms with van der Waals surface area (Å²) in [7, 11) is 0. The molecule has 23 heavy (non-hydrogen) atoms. The van der Waals surface area contributed by atoms with E-state index in [9.17, 15) is 5.26 Å². The lowest BCUT2D eigenvalue weighted by Crippen LogP contribution is -2.09. The minimum atomic E-state index is 0.456. The van der Waals surface area contributed by atoms with Crippen molar-refractivity contribution >= 4 is 23.2 Å². The molecule has 3 aromatic rings. The number of terminal acetylenes is 1. The smallest absolute Gasteiger partial charge is 0.158 e. The summed E-state index contributed by atoms with van der Waals surface area (Å²) in [5, 5.41) is 17.7. The van der Waals surface area contributed by atoms with Gasteiger partial charge in [-0.15, -0.1) is 6.42 Å². The fraction of sp³-hybridized carbons (Fsp3) is 0.118. The van der Waals surface area contributed by atoms with Crippen molar-refractivity contribution in [3.8, 4) is 18.4 Å². The molecule has 0 spiro atoms. The van der Waals surface area contributed by atoms with Gasteiger partial charge in [0, 0.05) is 12.6 Å². The zero-order chi connectivity index (χ0) is 16.1. The largest absolute Gasteiger partial charge is 0.365 e. The van der Waals surface area contributed by atoms with E-state index in [1.807, 2.05) is 30.3 Å². The minimum Gasteiger partial charge on any atom is -0.365 e. The lowest BCUT2D eigenvalue weighted by Gasteiger charge is -2.12. The molecule has 0 fully saturated rings. The second-order valence-corrected chi connectivity index (χ2v) is 5.65. The number of nitriles is 1. The predicted octanol–water partition coefficient (Wildman–Crippen LogP) is 2.94. The Morgan fingerprint density at radius 3 is 2.83 bits per heavy atom. The number of rotatable bonds is 5. The monoisotopic (exact) mass is 319 g/mol. The van der Waals surface area contributed by atoms with Gasteiger partial charge >= 0.3 is 0 Å². The summed E-state index contributed by atoms with van der Waals surface area (Å²) in [5.41, 5.74) is 2.25. The fourth-order valence-electron chi connectivity index (χ4n) is 2.18. The normalized spacial score (nSPS) is 10.2. The van der Waals surface area contributed by atoms with Crippen LogP contribution in [0.1, 0.15) is 11.1 Å². The highest BCUT2D eigenvalue weighted by atomic mass is 32.2. The van der Waals surface area contributed by atoms with Crippen LogP contribution in [0, 0.1) is 23.7 Å². The van der Waals surface area contributed by atoms with Gasteiger partial charge in [0.25, 0.3) is 0 Å². The highest BCUT2D eigenvalue weighted by Crippen LogP contribution is 2.27. The number of nitrogens with one attached hydrogen (secondary N) is 1. The van der Waals surface area contributed by atoms with Gasteiger partial charge in [0.15, 0.2) is 11.5 Å². The van der Waals surface area contributed by atoms with Crippen molar-refractivity contribution in [2.75, 3.05) is 11.1 Å².